The van der Waals surface area contributed by atoms with E-state index in [4.69, 9.17) is 11.6 Å². The van der Waals surface area contributed by atoms with E-state index in [-0.39, 0.29) is 12.3 Å². The standard InChI is InChI=1S/C13H13ClN2O/c1-10-13(14)9-16(15-10)8-12(17)7-11-5-3-2-4-6-11/h2-6,9H,7-8H2,1H3. The molecule has 88 valence electrons. The van der Waals surface area contributed by atoms with Gasteiger partial charge in [-0.15, -0.1) is 0 Å². The van der Waals surface area contributed by atoms with Crippen molar-refractivity contribution >= 4 is 17.4 Å². The molecule has 17 heavy (non-hydrogen) atoms. The number of Topliss-reactive ketones (excluding diaryl/α,β-unsaturated/α-hetero) is 1. The van der Waals surface area contributed by atoms with E-state index in [0.29, 0.717) is 11.4 Å². The van der Waals surface area contributed by atoms with Gasteiger partial charge in [-0.2, -0.15) is 5.10 Å². The molecule has 2 rings (SSSR count). The number of rotatable bonds is 4. The predicted molar refractivity (Wildman–Crippen MR) is 67.1 cm³/mol. The molecule has 1 aromatic carbocycles. The lowest BCUT2D eigenvalue weighted by molar-refractivity contribution is -0.119. The second-order valence-electron chi connectivity index (χ2n) is 3.96. The van der Waals surface area contributed by atoms with Gasteiger partial charge in [0.15, 0.2) is 5.78 Å². The first-order valence-electron chi connectivity index (χ1n) is 5.40. The molecule has 0 aliphatic carbocycles. The van der Waals surface area contributed by atoms with Crippen LogP contribution in [0.15, 0.2) is 36.5 Å². The summed E-state index contributed by atoms with van der Waals surface area (Å²) in [5, 5.41) is 4.75. The fourth-order valence-corrected chi connectivity index (χ4v) is 1.79. The Hall–Kier alpha value is -1.61. The number of benzene rings is 1. The summed E-state index contributed by atoms with van der Waals surface area (Å²) in [6.07, 6.45) is 2.11. The summed E-state index contributed by atoms with van der Waals surface area (Å²) in [7, 11) is 0. The lowest BCUT2D eigenvalue weighted by Gasteiger charge is -2.01. The molecular weight excluding hydrogens is 236 g/mol. The molecule has 0 spiro atoms. The predicted octanol–water partition coefficient (Wildman–Crippen LogP) is 2.66. The van der Waals surface area contributed by atoms with Gasteiger partial charge in [0.05, 0.1) is 17.3 Å². The second kappa shape index (κ2) is 5.15. The molecule has 0 N–H and O–H groups in total. The molecule has 0 bridgehead atoms. The number of carbonyl (C=O) groups is 1. The summed E-state index contributed by atoms with van der Waals surface area (Å²) in [6.45, 7) is 2.09. The van der Waals surface area contributed by atoms with Crippen LogP contribution < -0.4 is 0 Å². The van der Waals surface area contributed by atoms with Gasteiger partial charge < -0.3 is 0 Å². The zero-order valence-electron chi connectivity index (χ0n) is 9.56. The van der Waals surface area contributed by atoms with Gasteiger partial charge in [0.1, 0.15) is 0 Å². The van der Waals surface area contributed by atoms with Crippen molar-refractivity contribution in [3.8, 4) is 0 Å². The van der Waals surface area contributed by atoms with Gasteiger partial charge >= 0.3 is 0 Å². The third-order valence-corrected chi connectivity index (χ3v) is 2.84. The molecule has 0 aliphatic rings. The van der Waals surface area contributed by atoms with Crippen molar-refractivity contribution in [1.82, 2.24) is 9.78 Å². The van der Waals surface area contributed by atoms with Crippen LogP contribution in [0.5, 0.6) is 0 Å². The summed E-state index contributed by atoms with van der Waals surface area (Å²) in [6, 6.07) is 9.68. The van der Waals surface area contributed by atoms with Crippen LogP contribution >= 0.6 is 11.6 Å². The Kier molecular flexibility index (Phi) is 3.59. The van der Waals surface area contributed by atoms with Crippen molar-refractivity contribution < 1.29 is 4.79 Å². The molecule has 0 aliphatic heterocycles. The van der Waals surface area contributed by atoms with Crippen LogP contribution in [0.25, 0.3) is 0 Å². The number of halogens is 1. The van der Waals surface area contributed by atoms with E-state index in [0.717, 1.165) is 11.3 Å². The third-order valence-electron chi connectivity index (χ3n) is 2.47. The number of aromatic nitrogens is 2. The van der Waals surface area contributed by atoms with Crippen LogP contribution in [0.4, 0.5) is 0 Å². The number of carbonyl (C=O) groups excluding carboxylic acids is 1. The lowest BCUT2D eigenvalue weighted by Crippen LogP contribution is -2.13. The lowest BCUT2D eigenvalue weighted by atomic mass is 10.1. The molecule has 2 aromatic rings. The van der Waals surface area contributed by atoms with E-state index in [1.807, 2.05) is 37.3 Å². The topological polar surface area (TPSA) is 34.9 Å². The van der Waals surface area contributed by atoms with Gasteiger partial charge in [-0.05, 0) is 12.5 Å². The highest BCUT2D eigenvalue weighted by Crippen LogP contribution is 2.12. The summed E-state index contributed by atoms with van der Waals surface area (Å²) >= 11 is 5.88. The SMILES string of the molecule is Cc1nn(CC(=O)Cc2ccccc2)cc1Cl. The van der Waals surface area contributed by atoms with Gasteiger partial charge in [0.25, 0.3) is 0 Å². The van der Waals surface area contributed by atoms with Gasteiger partial charge in [-0.3, -0.25) is 9.48 Å². The van der Waals surface area contributed by atoms with Crippen LogP contribution in [0.2, 0.25) is 5.02 Å². The van der Waals surface area contributed by atoms with Gasteiger partial charge in [0.2, 0.25) is 0 Å². The van der Waals surface area contributed by atoms with Crippen LogP contribution in [-0.2, 0) is 17.8 Å². The van der Waals surface area contributed by atoms with Crippen molar-refractivity contribution in [2.24, 2.45) is 0 Å². The molecule has 0 saturated carbocycles. The van der Waals surface area contributed by atoms with Crippen molar-refractivity contribution in [3.63, 3.8) is 0 Å². The first-order chi connectivity index (χ1) is 8.15. The van der Waals surface area contributed by atoms with Gasteiger partial charge in [0, 0.05) is 12.6 Å². The van der Waals surface area contributed by atoms with Crippen molar-refractivity contribution in [3.05, 3.63) is 52.8 Å². The Morgan fingerprint density at radius 2 is 2.06 bits per heavy atom. The highest BCUT2D eigenvalue weighted by Gasteiger charge is 2.07. The summed E-state index contributed by atoms with van der Waals surface area (Å²) in [5.41, 5.74) is 1.77. The number of hydrogen-bond donors (Lipinski definition) is 0. The average molecular weight is 249 g/mol. The zero-order chi connectivity index (χ0) is 12.3. The molecule has 0 saturated heterocycles. The van der Waals surface area contributed by atoms with E-state index in [1.165, 1.54) is 0 Å². The maximum absolute atomic E-state index is 11.8. The first kappa shape index (κ1) is 11.9. The molecule has 1 aromatic heterocycles. The van der Waals surface area contributed by atoms with Crippen LogP contribution in [0.1, 0.15) is 11.3 Å². The number of ketones is 1. The fourth-order valence-electron chi connectivity index (χ4n) is 1.63. The Labute approximate surface area is 105 Å². The van der Waals surface area contributed by atoms with E-state index in [1.54, 1.807) is 10.9 Å². The number of aryl methyl sites for hydroxylation is 1. The van der Waals surface area contributed by atoms with Crippen molar-refractivity contribution in [1.29, 1.82) is 0 Å². The molecule has 3 nitrogen and oxygen atoms in total. The first-order valence-corrected chi connectivity index (χ1v) is 5.78. The summed E-state index contributed by atoms with van der Waals surface area (Å²) in [4.78, 5) is 11.8. The van der Waals surface area contributed by atoms with E-state index < -0.39 is 0 Å². The Balaban J connectivity index is 1.98. The van der Waals surface area contributed by atoms with Crippen molar-refractivity contribution in [2.75, 3.05) is 0 Å². The van der Waals surface area contributed by atoms with E-state index in [9.17, 15) is 4.79 Å². The van der Waals surface area contributed by atoms with Crippen LogP contribution in [0.3, 0.4) is 0 Å². The maximum Gasteiger partial charge on any atom is 0.158 e. The second-order valence-corrected chi connectivity index (χ2v) is 4.37. The molecule has 0 fully saturated rings. The van der Waals surface area contributed by atoms with Crippen LogP contribution in [0, 0.1) is 6.92 Å². The normalized spacial score (nSPS) is 10.5. The third kappa shape index (κ3) is 3.17. The van der Waals surface area contributed by atoms with Crippen molar-refractivity contribution in [2.45, 2.75) is 19.9 Å². The number of nitrogens with zero attached hydrogens (tertiary/aromatic N) is 2. The molecule has 1 heterocycles. The zero-order valence-corrected chi connectivity index (χ0v) is 10.3. The maximum atomic E-state index is 11.8. The largest absolute Gasteiger partial charge is 0.297 e. The molecule has 4 heteroatoms. The summed E-state index contributed by atoms with van der Waals surface area (Å²) < 4.78 is 1.59. The van der Waals surface area contributed by atoms with Crippen LogP contribution in [-0.4, -0.2) is 15.6 Å². The Morgan fingerprint density at radius 1 is 1.35 bits per heavy atom. The highest BCUT2D eigenvalue weighted by molar-refractivity contribution is 6.31. The minimum atomic E-state index is 0.121. The fraction of sp³-hybridized carbons (Fsp3) is 0.231. The molecule has 0 amide bonds. The highest BCUT2D eigenvalue weighted by atomic mass is 35.5. The molecule has 0 atom stereocenters. The Bertz CT molecular complexity index is 500. The van der Waals surface area contributed by atoms with E-state index >= 15 is 0 Å². The van der Waals surface area contributed by atoms with Gasteiger partial charge in [-0.1, -0.05) is 41.9 Å². The van der Waals surface area contributed by atoms with Gasteiger partial charge in [-0.25, -0.2) is 0 Å². The smallest absolute Gasteiger partial charge is 0.158 e. The minimum absolute atomic E-state index is 0.121. The molecule has 0 radical (unpaired) electrons. The monoisotopic (exact) mass is 248 g/mol. The Morgan fingerprint density at radius 3 is 2.65 bits per heavy atom. The summed E-state index contributed by atoms with van der Waals surface area (Å²) in [5.74, 6) is 0.121. The number of hydrogen-bond acceptors (Lipinski definition) is 2. The average Bonchev–Trinajstić information content (AvgIpc) is 2.59. The molecule has 0 unspecified atom stereocenters. The molecular formula is C13H13ClN2O. The minimum Gasteiger partial charge on any atom is -0.297 e. The van der Waals surface area contributed by atoms with E-state index in [2.05, 4.69) is 5.10 Å². The quantitative estimate of drug-likeness (QED) is 0.834.